The van der Waals surface area contributed by atoms with Gasteiger partial charge in [0.05, 0.1) is 11.1 Å². The largest absolute Gasteiger partial charge is 0.449 e. The van der Waals surface area contributed by atoms with Crippen LogP contribution in [0, 0.1) is 0 Å². The molecule has 0 aromatic heterocycles. The standard InChI is InChI=1S/C29H30N2O5/c1-19(26(32)31(29(2,3)4)36-27(33)20-12-6-5-7-13-20)30-28(34)35-18-25-23-16-10-8-14-21(23)22-15-9-11-17-24(22)25/h5-17,19,25H,18H2,1-4H3,(H,30,34)/t19-/m0/s1. The van der Waals surface area contributed by atoms with Gasteiger partial charge in [-0.3, -0.25) is 4.79 Å². The highest BCUT2D eigenvalue weighted by atomic mass is 16.7. The van der Waals surface area contributed by atoms with Crippen LogP contribution in [0.5, 0.6) is 0 Å². The van der Waals surface area contributed by atoms with E-state index in [9.17, 15) is 14.4 Å². The molecule has 1 aliphatic carbocycles. The highest BCUT2D eigenvalue weighted by Crippen LogP contribution is 2.44. The molecule has 0 bridgehead atoms. The van der Waals surface area contributed by atoms with Crippen LogP contribution in [-0.4, -0.2) is 41.2 Å². The van der Waals surface area contributed by atoms with Gasteiger partial charge in [0.15, 0.2) is 0 Å². The summed E-state index contributed by atoms with van der Waals surface area (Å²) < 4.78 is 5.55. The highest BCUT2D eigenvalue weighted by molar-refractivity contribution is 5.91. The third kappa shape index (κ3) is 5.25. The monoisotopic (exact) mass is 486 g/mol. The topological polar surface area (TPSA) is 84.9 Å². The number of hydrogen-bond donors (Lipinski definition) is 1. The molecule has 0 unspecified atom stereocenters. The fourth-order valence-electron chi connectivity index (χ4n) is 4.28. The molecule has 186 valence electrons. The van der Waals surface area contributed by atoms with E-state index in [1.807, 2.05) is 36.4 Å². The van der Waals surface area contributed by atoms with E-state index in [0.717, 1.165) is 27.3 Å². The van der Waals surface area contributed by atoms with Gasteiger partial charge in [-0.25, -0.2) is 9.59 Å². The Labute approximate surface area is 211 Å². The lowest BCUT2D eigenvalue weighted by Gasteiger charge is -2.34. The molecule has 1 N–H and O–H groups in total. The van der Waals surface area contributed by atoms with Crippen molar-refractivity contribution in [1.82, 2.24) is 10.4 Å². The molecule has 0 radical (unpaired) electrons. The lowest BCUT2D eigenvalue weighted by atomic mass is 9.98. The Morgan fingerprint density at radius 2 is 1.39 bits per heavy atom. The van der Waals surface area contributed by atoms with Crippen molar-refractivity contribution in [3.8, 4) is 11.1 Å². The van der Waals surface area contributed by atoms with Crippen molar-refractivity contribution < 1.29 is 24.0 Å². The summed E-state index contributed by atoms with van der Waals surface area (Å²) in [4.78, 5) is 43.8. The summed E-state index contributed by atoms with van der Waals surface area (Å²) in [6.45, 7) is 6.88. The molecule has 36 heavy (non-hydrogen) atoms. The minimum absolute atomic E-state index is 0.0907. The average molecular weight is 487 g/mol. The zero-order chi connectivity index (χ0) is 25.9. The maximum Gasteiger partial charge on any atom is 0.407 e. The number of hydroxylamine groups is 2. The number of ether oxygens (including phenoxy) is 1. The molecule has 7 heteroatoms. The van der Waals surface area contributed by atoms with Crippen LogP contribution in [0.1, 0.15) is 55.1 Å². The number of carbonyl (C=O) groups excluding carboxylic acids is 3. The number of fused-ring (bicyclic) bond motifs is 3. The van der Waals surface area contributed by atoms with Crippen LogP contribution in [0.3, 0.4) is 0 Å². The van der Waals surface area contributed by atoms with E-state index < -0.39 is 29.6 Å². The molecule has 0 heterocycles. The van der Waals surface area contributed by atoms with E-state index in [1.54, 1.807) is 51.1 Å². The second-order valence-electron chi connectivity index (χ2n) is 9.74. The van der Waals surface area contributed by atoms with Crippen molar-refractivity contribution in [2.24, 2.45) is 0 Å². The number of benzene rings is 3. The van der Waals surface area contributed by atoms with Gasteiger partial charge in [0, 0.05) is 5.92 Å². The maximum atomic E-state index is 13.2. The van der Waals surface area contributed by atoms with E-state index >= 15 is 0 Å². The van der Waals surface area contributed by atoms with Gasteiger partial charge in [-0.1, -0.05) is 66.7 Å². The van der Waals surface area contributed by atoms with Crippen molar-refractivity contribution in [3.05, 3.63) is 95.6 Å². The van der Waals surface area contributed by atoms with Gasteiger partial charge in [0.1, 0.15) is 12.6 Å². The molecule has 7 nitrogen and oxygen atoms in total. The summed E-state index contributed by atoms with van der Waals surface area (Å²) in [5.41, 5.74) is 3.94. The smallest absolute Gasteiger partial charge is 0.407 e. The molecule has 2 amide bonds. The average Bonchev–Trinajstić information content (AvgIpc) is 3.19. The second-order valence-corrected chi connectivity index (χ2v) is 9.74. The van der Waals surface area contributed by atoms with Crippen molar-refractivity contribution in [2.45, 2.75) is 45.2 Å². The van der Waals surface area contributed by atoms with Crippen molar-refractivity contribution in [1.29, 1.82) is 0 Å². The molecule has 0 saturated carbocycles. The van der Waals surface area contributed by atoms with Crippen LogP contribution in [0.25, 0.3) is 11.1 Å². The molecule has 3 aromatic carbocycles. The van der Waals surface area contributed by atoms with Crippen LogP contribution in [0.2, 0.25) is 0 Å². The van der Waals surface area contributed by atoms with Gasteiger partial charge in [-0.2, -0.15) is 5.06 Å². The first-order chi connectivity index (χ1) is 17.2. The van der Waals surface area contributed by atoms with Gasteiger partial charge in [0.2, 0.25) is 0 Å². The van der Waals surface area contributed by atoms with Crippen LogP contribution in [-0.2, 0) is 14.4 Å². The van der Waals surface area contributed by atoms with E-state index in [-0.39, 0.29) is 12.5 Å². The minimum Gasteiger partial charge on any atom is -0.449 e. The molecule has 0 fully saturated rings. The Kier molecular flexibility index (Phi) is 7.10. The Morgan fingerprint density at radius 1 is 0.861 bits per heavy atom. The number of rotatable bonds is 5. The van der Waals surface area contributed by atoms with Crippen LogP contribution in [0.15, 0.2) is 78.9 Å². The minimum atomic E-state index is -0.983. The molecule has 4 rings (SSSR count). The van der Waals surface area contributed by atoms with Crippen LogP contribution >= 0.6 is 0 Å². The van der Waals surface area contributed by atoms with Gasteiger partial charge in [0.25, 0.3) is 5.91 Å². The van der Waals surface area contributed by atoms with Crippen molar-refractivity contribution >= 4 is 18.0 Å². The molecule has 3 aromatic rings. The molecular formula is C29H30N2O5. The molecule has 1 aliphatic rings. The highest BCUT2D eigenvalue weighted by Gasteiger charge is 2.35. The molecular weight excluding hydrogens is 456 g/mol. The Balaban J connectivity index is 1.40. The maximum absolute atomic E-state index is 13.2. The second kappa shape index (κ2) is 10.2. The van der Waals surface area contributed by atoms with Gasteiger partial charge >= 0.3 is 12.1 Å². The molecule has 0 spiro atoms. The Bertz CT molecular complexity index is 1220. The van der Waals surface area contributed by atoms with Crippen molar-refractivity contribution in [3.63, 3.8) is 0 Å². The molecule has 0 saturated heterocycles. The zero-order valence-electron chi connectivity index (χ0n) is 20.9. The quantitative estimate of drug-likeness (QED) is 0.494. The Morgan fingerprint density at radius 3 is 1.94 bits per heavy atom. The lowest BCUT2D eigenvalue weighted by molar-refractivity contribution is -0.190. The fourth-order valence-corrected chi connectivity index (χ4v) is 4.28. The normalized spacial score (nSPS) is 13.2. The number of carbonyl (C=O) groups is 3. The van der Waals surface area contributed by atoms with Gasteiger partial charge in [-0.05, 0) is 62.1 Å². The predicted molar refractivity (Wildman–Crippen MR) is 136 cm³/mol. The lowest BCUT2D eigenvalue weighted by Crippen LogP contribution is -2.54. The third-order valence-corrected chi connectivity index (χ3v) is 6.04. The summed E-state index contributed by atoms with van der Waals surface area (Å²) in [6.07, 6.45) is -0.721. The van der Waals surface area contributed by atoms with Crippen LogP contribution < -0.4 is 5.32 Å². The number of amides is 2. The Hall–Kier alpha value is -4.13. The first-order valence-corrected chi connectivity index (χ1v) is 11.9. The summed E-state index contributed by atoms with van der Waals surface area (Å²) in [5, 5.41) is 3.57. The van der Waals surface area contributed by atoms with Gasteiger partial charge in [-0.15, -0.1) is 0 Å². The fraction of sp³-hybridized carbons (Fsp3) is 0.276. The van der Waals surface area contributed by atoms with E-state index in [0.29, 0.717) is 5.56 Å². The van der Waals surface area contributed by atoms with Crippen LogP contribution in [0.4, 0.5) is 4.79 Å². The summed E-state index contributed by atoms with van der Waals surface area (Å²) in [6, 6.07) is 23.5. The number of nitrogens with one attached hydrogen (secondary N) is 1. The van der Waals surface area contributed by atoms with Crippen molar-refractivity contribution in [2.75, 3.05) is 6.61 Å². The van der Waals surface area contributed by atoms with E-state index in [4.69, 9.17) is 9.57 Å². The predicted octanol–water partition coefficient (Wildman–Crippen LogP) is 5.31. The third-order valence-electron chi connectivity index (χ3n) is 6.04. The summed E-state index contributed by atoms with van der Waals surface area (Å²) in [7, 11) is 0. The zero-order valence-corrected chi connectivity index (χ0v) is 20.9. The molecule has 0 aliphatic heterocycles. The molecule has 1 atom stereocenters. The van der Waals surface area contributed by atoms with E-state index in [1.165, 1.54) is 6.92 Å². The first-order valence-electron chi connectivity index (χ1n) is 11.9. The summed E-state index contributed by atoms with van der Waals surface area (Å²) in [5.74, 6) is -1.32. The number of nitrogens with zero attached hydrogens (tertiary/aromatic N) is 1. The van der Waals surface area contributed by atoms with E-state index in [2.05, 4.69) is 17.4 Å². The van der Waals surface area contributed by atoms with Gasteiger partial charge < -0.3 is 14.9 Å². The SMILES string of the molecule is C[C@H](NC(=O)OCC1c2ccccc2-c2ccccc21)C(=O)N(OC(=O)c1ccccc1)C(C)(C)C. The number of hydrogen-bond acceptors (Lipinski definition) is 5. The summed E-state index contributed by atoms with van der Waals surface area (Å²) >= 11 is 0. The first kappa shape index (κ1) is 25.0. The number of alkyl carbamates (subject to hydrolysis) is 1.